The zero-order valence-corrected chi connectivity index (χ0v) is 12.5. The molecule has 0 bridgehead atoms. The number of nitrogen functional groups attached to an aromatic ring is 1. The molecular formula is C17H20N2O3. The van der Waals surface area contributed by atoms with Gasteiger partial charge in [-0.15, -0.1) is 0 Å². The highest BCUT2D eigenvalue weighted by Crippen LogP contribution is 2.26. The van der Waals surface area contributed by atoms with Gasteiger partial charge in [-0.2, -0.15) is 0 Å². The van der Waals surface area contributed by atoms with Crippen molar-refractivity contribution >= 4 is 17.3 Å². The van der Waals surface area contributed by atoms with Gasteiger partial charge in [0.05, 0.1) is 19.6 Å². The van der Waals surface area contributed by atoms with Gasteiger partial charge in [-0.3, -0.25) is 4.79 Å². The van der Waals surface area contributed by atoms with Gasteiger partial charge in [0, 0.05) is 11.4 Å². The zero-order chi connectivity index (χ0) is 15.8. The average molecular weight is 300 g/mol. The van der Waals surface area contributed by atoms with Crippen LogP contribution >= 0.6 is 0 Å². The van der Waals surface area contributed by atoms with Crippen LogP contribution in [0.3, 0.4) is 0 Å². The summed E-state index contributed by atoms with van der Waals surface area (Å²) in [4.78, 5) is 11.8. The van der Waals surface area contributed by atoms with Crippen LogP contribution in [-0.2, 0) is 4.79 Å². The van der Waals surface area contributed by atoms with Crippen molar-refractivity contribution in [2.24, 2.45) is 0 Å². The van der Waals surface area contributed by atoms with Gasteiger partial charge in [-0.1, -0.05) is 12.1 Å². The van der Waals surface area contributed by atoms with E-state index in [9.17, 15) is 4.79 Å². The van der Waals surface area contributed by atoms with Crippen molar-refractivity contribution < 1.29 is 14.3 Å². The summed E-state index contributed by atoms with van der Waals surface area (Å²) < 4.78 is 11.1. The molecule has 22 heavy (non-hydrogen) atoms. The molecule has 0 saturated heterocycles. The third-order valence-corrected chi connectivity index (χ3v) is 2.93. The van der Waals surface area contributed by atoms with Gasteiger partial charge < -0.3 is 20.5 Å². The fourth-order valence-corrected chi connectivity index (χ4v) is 1.89. The SMILES string of the molecule is CCOc1ccccc1OCCC(=O)Nc1ccc(N)cc1. The quantitative estimate of drug-likeness (QED) is 0.771. The highest BCUT2D eigenvalue weighted by Gasteiger charge is 2.06. The number of anilines is 2. The lowest BCUT2D eigenvalue weighted by Crippen LogP contribution is -2.15. The topological polar surface area (TPSA) is 73.6 Å². The van der Waals surface area contributed by atoms with Crippen molar-refractivity contribution in [1.29, 1.82) is 0 Å². The third-order valence-electron chi connectivity index (χ3n) is 2.93. The minimum absolute atomic E-state index is 0.112. The van der Waals surface area contributed by atoms with Crippen LogP contribution in [0, 0.1) is 0 Å². The Morgan fingerprint density at radius 1 is 1.05 bits per heavy atom. The van der Waals surface area contributed by atoms with E-state index in [0.717, 1.165) is 0 Å². The van der Waals surface area contributed by atoms with E-state index in [4.69, 9.17) is 15.2 Å². The molecule has 0 atom stereocenters. The Hall–Kier alpha value is -2.69. The largest absolute Gasteiger partial charge is 0.490 e. The van der Waals surface area contributed by atoms with Gasteiger partial charge in [0.2, 0.25) is 5.91 Å². The number of nitrogens with two attached hydrogens (primary N) is 1. The molecule has 5 nitrogen and oxygen atoms in total. The molecule has 0 aliphatic carbocycles. The fourth-order valence-electron chi connectivity index (χ4n) is 1.89. The minimum atomic E-state index is -0.112. The van der Waals surface area contributed by atoms with E-state index in [0.29, 0.717) is 29.5 Å². The van der Waals surface area contributed by atoms with Crippen molar-refractivity contribution in [3.05, 3.63) is 48.5 Å². The number of amides is 1. The number of benzene rings is 2. The summed E-state index contributed by atoms with van der Waals surface area (Å²) in [6.07, 6.45) is 0.255. The molecule has 3 N–H and O–H groups in total. The van der Waals surface area contributed by atoms with Gasteiger partial charge in [0.25, 0.3) is 0 Å². The maximum absolute atomic E-state index is 11.8. The van der Waals surface area contributed by atoms with E-state index in [2.05, 4.69) is 5.32 Å². The Labute approximate surface area is 130 Å². The van der Waals surface area contributed by atoms with Crippen LogP contribution in [0.4, 0.5) is 11.4 Å². The normalized spacial score (nSPS) is 10.0. The van der Waals surface area contributed by atoms with Crippen molar-refractivity contribution in [1.82, 2.24) is 0 Å². The number of carbonyl (C=O) groups is 1. The first-order valence-corrected chi connectivity index (χ1v) is 7.19. The Kier molecular flexibility index (Phi) is 5.65. The molecule has 0 aliphatic rings. The smallest absolute Gasteiger partial charge is 0.227 e. The predicted octanol–water partition coefficient (Wildman–Crippen LogP) is 3.08. The lowest BCUT2D eigenvalue weighted by atomic mass is 10.3. The van der Waals surface area contributed by atoms with E-state index in [1.54, 1.807) is 24.3 Å². The van der Waals surface area contributed by atoms with E-state index < -0.39 is 0 Å². The van der Waals surface area contributed by atoms with Gasteiger partial charge in [0.15, 0.2) is 11.5 Å². The molecular weight excluding hydrogens is 280 g/mol. The average Bonchev–Trinajstić information content (AvgIpc) is 2.51. The van der Waals surface area contributed by atoms with Gasteiger partial charge in [-0.25, -0.2) is 0 Å². The first-order chi connectivity index (χ1) is 10.7. The fraction of sp³-hybridized carbons (Fsp3) is 0.235. The molecule has 0 saturated carbocycles. The first-order valence-electron chi connectivity index (χ1n) is 7.19. The van der Waals surface area contributed by atoms with Crippen LogP contribution in [-0.4, -0.2) is 19.1 Å². The molecule has 0 aliphatic heterocycles. The second kappa shape index (κ2) is 7.93. The summed E-state index contributed by atoms with van der Waals surface area (Å²) in [6.45, 7) is 2.76. The van der Waals surface area contributed by atoms with Gasteiger partial charge >= 0.3 is 0 Å². The monoisotopic (exact) mass is 300 g/mol. The number of ether oxygens (including phenoxy) is 2. The Balaban J connectivity index is 1.81. The molecule has 116 valence electrons. The van der Waals surface area contributed by atoms with Crippen molar-refractivity contribution in [2.45, 2.75) is 13.3 Å². The number of hydrogen-bond acceptors (Lipinski definition) is 4. The molecule has 0 aromatic heterocycles. The van der Waals surface area contributed by atoms with E-state index in [1.165, 1.54) is 0 Å². The molecule has 0 heterocycles. The number of para-hydroxylation sites is 2. The maximum Gasteiger partial charge on any atom is 0.227 e. The van der Waals surface area contributed by atoms with Crippen LogP contribution < -0.4 is 20.5 Å². The standard InChI is InChI=1S/C17H20N2O3/c1-2-21-15-5-3-4-6-16(15)22-12-11-17(20)19-14-9-7-13(18)8-10-14/h3-10H,2,11-12,18H2,1H3,(H,19,20). The lowest BCUT2D eigenvalue weighted by Gasteiger charge is -2.11. The molecule has 0 fully saturated rings. The molecule has 2 aromatic rings. The van der Waals surface area contributed by atoms with Crippen molar-refractivity contribution in [2.75, 3.05) is 24.3 Å². The molecule has 2 rings (SSSR count). The molecule has 0 unspecified atom stereocenters. The Morgan fingerprint density at radius 3 is 2.32 bits per heavy atom. The van der Waals surface area contributed by atoms with Crippen LogP contribution in [0.25, 0.3) is 0 Å². The number of nitrogens with one attached hydrogen (secondary N) is 1. The lowest BCUT2D eigenvalue weighted by molar-refractivity contribution is -0.116. The van der Waals surface area contributed by atoms with E-state index in [1.807, 2.05) is 31.2 Å². The second-order valence-electron chi connectivity index (χ2n) is 4.65. The predicted molar refractivity (Wildman–Crippen MR) is 87.2 cm³/mol. The highest BCUT2D eigenvalue weighted by molar-refractivity contribution is 5.90. The number of carbonyl (C=O) groups excluding carboxylic acids is 1. The summed E-state index contributed by atoms with van der Waals surface area (Å²) in [5, 5.41) is 2.79. The molecule has 2 aromatic carbocycles. The Morgan fingerprint density at radius 2 is 1.68 bits per heavy atom. The highest BCUT2D eigenvalue weighted by atomic mass is 16.5. The van der Waals surface area contributed by atoms with E-state index >= 15 is 0 Å². The minimum Gasteiger partial charge on any atom is -0.490 e. The Bertz CT molecular complexity index is 612. The zero-order valence-electron chi connectivity index (χ0n) is 12.5. The molecule has 5 heteroatoms. The molecule has 0 spiro atoms. The summed E-state index contributed by atoms with van der Waals surface area (Å²) in [5.41, 5.74) is 6.97. The van der Waals surface area contributed by atoms with Gasteiger partial charge in [0.1, 0.15) is 0 Å². The molecule has 1 amide bonds. The van der Waals surface area contributed by atoms with Crippen molar-refractivity contribution in [3.8, 4) is 11.5 Å². The first kappa shape index (κ1) is 15.7. The third kappa shape index (κ3) is 4.70. The molecule has 0 radical (unpaired) electrons. The van der Waals surface area contributed by atoms with Crippen LogP contribution in [0.2, 0.25) is 0 Å². The summed E-state index contributed by atoms with van der Waals surface area (Å²) in [6, 6.07) is 14.4. The van der Waals surface area contributed by atoms with Gasteiger partial charge in [-0.05, 0) is 43.3 Å². The van der Waals surface area contributed by atoms with Crippen LogP contribution in [0.5, 0.6) is 11.5 Å². The summed E-state index contributed by atoms with van der Waals surface area (Å²) in [5.74, 6) is 1.22. The second-order valence-corrected chi connectivity index (χ2v) is 4.65. The summed E-state index contributed by atoms with van der Waals surface area (Å²) in [7, 11) is 0. The number of rotatable bonds is 7. The van der Waals surface area contributed by atoms with Crippen molar-refractivity contribution in [3.63, 3.8) is 0 Å². The van der Waals surface area contributed by atoms with Crippen LogP contribution in [0.1, 0.15) is 13.3 Å². The summed E-state index contributed by atoms with van der Waals surface area (Å²) >= 11 is 0. The van der Waals surface area contributed by atoms with E-state index in [-0.39, 0.29) is 18.9 Å². The maximum atomic E-state index is 11.8. The van der Waals surface area contributed by atoms with Crippen LogP contribution in [0.15, 0.2) is 48.5 Å². The number of hydrogen-bond donors (Lipinski definition) is 2.